The Balaban J connectivity index is 1.69. The number of benzene rings is 1. The van der Waals surface area contributed by atoms with Crippen LogP contribution in [0.5, 0.6) is 5.75 Å². The topological polar surface area (TPSA) is 87.1 Å². The van der Waals surface area contributed by atoms with Crippen molar-refractivity contribution in [2.24, 2.45) is 0 Å². The van der Waals surface area contributed by atoms with Gasteiger partial charge in [-0.3, -0.25) is 9.59 Å². The van der Waals surface area contributed by atoms with E-state index in [0.29, 0.717) is 30.7 Å². The highest BCUT2D eigenvalue weighted by Gasteiger charge is 2.34. The SMILES string of the molecule is Cc1cc(C(=O)N2CCCC2C(=O)O)cc(C)c1OCC(=O)N1CCCCC1. The fraction of sp³-hybridized carbons (Fsp3) is 0.571. The highest BCUT2D eigenvalue weighted by molar-refractivity contribution is 5.97. The lowest BCUT2D eigenvalue weighted by Crippen LogP contribution is -2.40. The number of carboxylic acid groups (broad SMARTS) is 1. The third-order valence-corrected chi connectivity index (χ3v) is 5.55. The van der Waals surface area contributed by atoms with Gasteiger partial charge < -0.3 is 19.6 Å². The van der Waals surface area contributed by atoms with Crippen molar-refractivity contribution in [3.8, 4) is 5.75 Å². The van der Waals surface area contributed by atoms with Gasteiger partial charge in [-0.1, -0.05) is 0 Å². The molecule has 1 aromatic carbocycles. The van der Waals surface area contributed by atoms with E-state index in [2.05, 4.69) is 0 Å². The molecule has 28 heavy (non-hydrogen) atoms. The highest BCUT2D eigenvalue weighted by atomic mass is 16.5. The first-order chi connectivity index (χ1) is 13.4. The zero-order valence-corrected chi connectivity index (χ0v) is 16.6. The molecule has 2 amide bonds. The van der Waals surface area contributed by atoms with Crippen molar-refractivity contribution in [2.45, 2.75) is 52.0 Å². The molecule has 2 aliphatic heterocycles. The van der Waals surface area contributed by atoms with E-state index in [0.717, 1.165) is 43.5 Å². The van der Waals surface area contributed by atoms with Crippen LogP contribution in [-0.2, 0) is 9.59 Å². The first-order valence-electron chi connectivity index (χ1n) is 9.94. The molecule has 1 atom stereocenters. The first kappa shape index (κ1) is 20.2. The first-order valence-corrected chi connectivity index (χ1v) is 9.94. The van der Waals surface area contributed by atoms with E-state index < -0.39 is 12.0 Å². The van der Waals surface area contributed by atoms with Gasteiger partial charge in [0.05, 0.1) is 0 Å². The molecular formula is C21H28N2O5. The van der Waals surface area contributed by atoms with Gasteiger partial charge in [-0.15, -0.1) is 0 Å². The van der Waals surface area contributed by atoms with Gasteiger partial charge >= 0.3 is 5.97 Å². The fourth-order valence-electron chi connectivity index (χ4n) is 4.10. The van der Waals surface area contributed by atoms with Crippen molar-refractivity contribution < 1.29 is 24.2 Å². The average Bonchev–Trinajstić information content (AvgIpc) is 3.17. The molecule has 1 aromatic rings. The Morgan fingerprint density at radius 1 is 1.04 bits per heavy atom. The minimum Gasteiger partial charge on any atom is -0.483 e. The van der Waals surface area contributed by atoms with Crippen LogP contribution in [-0.4, -0.2) is 65.0 Å². The molecule has 0 radical (unpaired) electrons. The Labute approximate surface area is 165 Å². The molecule has 2 aliphatic rings. The molecule has 3 rings (SSSR count). The molecular weight excluding hydrogens is 360 g/mol. The molecule has 1 N–H and O–H groups in total. The second-order valence-corrected chi connectivity index (χ2v) is 7.66. The quantitative estimate of drug-likeness (QED) is 0.837. The summed E-state index contributed by atoms with van der Waals surface area (Å²) in [4.78, 5) is 39.8. The van der Waals surface area contributed by atoms with Gasteiger partial charge in [0.15, 0.2) is 6.61 Å². The summed E-state index contributed by atoms with van der Waals surface area (Å²) in [6.45, 7) is 5.69. The number of carbonyl (C=O) groups excluding carboxylic acids is 2. The average molecular weight is 388 g/mol. The van der Waals surface area contributed by atoms with Gasteiger partial charge in [0, 0.05) is 25.2 Å². The van der Waals surface area contributed by atoms with Crippen molar-refractivity contribution in [1.29, 1.82) is 0 Å². The van der Waals surface area contributed by atoms with Gasteiger partial charge in [-0.25, -0.2) is 4.79 Å². The number of carbonyl (C=O) groups is 3. The summed E-state index contributed by atoms with van der Waals surface area (Å²) in [5, 5.41) is 9.31. The Morgan fingerprint density at radius 2 is 1.68 bits per heavy atom. The molecule has 2 saturated heterocycles. The maximum Gasteiger partial charge on any atom is 0.326 e. The summed E-state index contributed by atoms with van der Waals surface area (Å²) in [5.74, 6) is -0.638. The predicted molar refractivity (Wildman–Crippen MR) is 104 cm³/mol. The van der Waals surface area contributed by atoms with Crippen LogP contribution in [0, 0.1) is 13.8 Å². The van der Waals surface area contributed by atoms with Crippen molar-refractivity contribution in [3.05, 3.63) is 28.8 Å². The van der Waals surface area contributed by atoms with Crippen molar-refractivity contribution >= 4 is 17.8 Å². The van der Waals surface area contributed by atoms with Crippen LogP contribution in [0.25, 0.3) is 0 Å². The molecule has 0 spiro atoms. The summed E-state index contributed by atoms with van der Waals surface area (Å²) in [7, 11) is 0. The maximum absolute atomic E-state index is 12.8. The Bertz CT molecular complexity index is 747. The standard InChI is InChI=1S/C21H28N2O5/c1-14-11-16(20(25)23-10-6-7-17(23)21(26)27)12-15(2)19(14)28-13-18(24)22-8-4-3-5-9-22/h11-12,17H,3-10,13H2,1-2H3,(H,26,27). The van der Waals surface area contributed by atoms with Crippen molar-refractivity contribution in [2.75, 3.05) is 26.2 Å². The second kappa shape index (κ2) is 8.63. The molecule has 0 aromatic heterocycles. The van der Waals surface area contributed by atoms with Gasteiger partial charge in [0.25, 0.3) is 11.8 Å². The van der Waals surface area contributed by atoms with Crippen molar-refractivity contribution in [1.82, 2.24) is 9.80 Å². The van der Waals surface area contributed by atoms with Crippen LogP contribution in [0.15, 0.2) is 12.1 Å². The number of nitrogens with zero attached hydrogens (tertiary/aromatic N) is 2. The zero-order chi connectivity index (χ0) is 20.3. The Morgan fingerprint density at radius 3 is 2.29 bits per heavy atom. The number of hydrogen-bond donors (Lipinski definition) is 1. The van der Waals surface area contributed by atoms with Gasteiger partial charge in [0.1, 0.15) is 11.8 Å². The van der Waals surface area contributed by atoms with E-state index in [1.54, 1.807) is 12.1 Å². The van der Waals surface area contributed by atoms with Crippen LogP contribution in [0.1, 0.15) is 53.6 Å². The number of hydrogen-bond acceptors (Lipinski definition) is 4. The molecule has 0 saturated carbocycles. The predicted octanol–water partition coefficient (Wildman–Crippen LogP) is 2.38. The Hall–Kier alpha value is -2.57. The number of amides is 2. The number of ether oxygens (including phenoxy) is 1. The van der Waals surface area contributed by atoms with Gasteiger partial charge in [-0.05, 0) is 69.2 Å². The minimum atomic E-state index is -0.963. The molecule has 152 valence electrons. The number of aryl methyl sites for hydroxylation is 2. The van der Waals surface area contributed by atoms with E-state index >= 15 is 0 Å². The number of aliphatic carboxylic acids is 1. The summed E-state index contributed by atoms with van der Waals surface area (Å²) >= 11 is 0. The molecule has 7 nitrogen and oxygen atoms in total. The van der Waals surface area contributed by atoms with Crippen LogP contribution < -0.4 is 4.74 Å². The highest BCUT2D eigenvalue weighted by Crippen LogP contribution is 2.27. The van der Waals surface area contributed by atoms with Crippen LogP contribution >= 0.6 is 0 Å². The molecule has 2 heterocycles. The van der Waals surface area contributed by atoms with Crippen LogP contribution in [0.4, 0.5) is 0 Å². The summed E-state index contributed by atoms with van der Waals surface area (Å²) in [6.07, 6.45) is 4.42. The lowest BCUT2D eigenvalue weighted by Gasteiger charge is -2.27. The molecule has 7 heteroatoms. The molecule has 1 unspecified atom stereocenters. The zero-order valence-electron chi connectivity index (χ0n) is 16.6. The van der Waals surface area contributed by atoms with Crippen molar-refractivity contribution in [3.63, 3.8) is 0 Å². The van der Waals surface area contributed by atoms with E-state index in [1.807, 2.05) is 18.7 Å². The second-order valence-electron chi connectivity index (χ2n) is 7.66. The normalized spacial score (nSPS) is 19.6. The lowest BCUT2D eigenvalue weighted by molar-refractivity contribution is -0.141. The summed E-state index contributed by atoms with van der Waals surface area (Å²) < 4.78 is 5.79. The van der Waals surface area contributed by atoms with E-state index in [9.17, 15) is 19.5 Å². The monoisotopic (exact) mass is 388 g/mol. The Kier molecular flexibility index (Phi) is 6.21. The molecule has 2 fully saturated rings. The van der Waals surface area contributed by atoms with E-state index in [-0.39, 0.29) is 18.4 Å². The summed E-state index contributed by atoms with van der Waals surface area (Å²) in [6, 6.07) is 2.67. The van der Waals surface area contributed by atoms with Gasteiger partial charge in [0.2, 0.25) is 0 Å². The third-order valence-electron chi connectivity index (χ3n) is 5.55. The number of likely N-dealkylation sites (tertiary alicyclic amines) is 2. The fourth-order valence-corrected chi connectivity index (χ4v) is 4.10. The smallest absolute Gasteiger partial charge is 0.326 e. The van der Waals surface area contributed by atoms with Crippen LogP contribution in [0.3, 0.4) is 0 Å². The summed E-state index contributed by atoms with van der Waals surface area (Å²) in [5.41, 5.74) is 1.99. The number of rotatable bonds is 5. The third kappa shape index (κ3) is 4.29. The molecule has 0 bridgehead atoms. The van der Waals surface area contributed by atoms with Gasteiger partial charge in [-0.2, -0.15) is 0 Å². The molecule has 0 aliphatic carbocycles. The van der Waals surface area contributed by atoms with E-state index in [1.165, 1.54) is 4.90 Å². The largest absolute Gasteiger partial charge is 0.483 e. The minimum absolute atomic E-state index is 0.0117. The number of piperidine rings is 1. The van der Waals surface area contributed by atoms with Crippen LogP contribution in [0.2, 0.25) is 0 Å². The number of carboxylic acids is 1. The lowest BCUT2D eigenvalue weighted by atomic mass is 10.0. The maximum atomic E-state index is 12.8. The van der Waals surface area contributed by atoms with E-state index in [4.69, 9.17) is 4.74 Å².